The highest BCUT2D eigenvalue weighted by Gasteiger charge is 2.27. The number of ether oxygens (including phenoxy) is 1. The zero-order valence-corrected chi connectivity index (χ0v) is 27.1. The molecule has 7 heteroatoms. The van der Waals surface area contributed by atoms with Crippen molar-refractivity contribution < 1.29 is 14.3 Å². The van der Waals surface area contributed by atoms with Crippen LogP contribution in [0.1, 0.15) is 49.8 Å². The van der Waals surface area contributed by atoms with Crippen LogP contribution in [0.25, 0.3) is 11.0 Å². The highest BCUT2D eigenvalue weighted by atomic mass is 32.2. The molecule has 45 heavy (non-hydrogen) atoms. The third kappa shape index (κ3) is 8.85. The fourth-order valence-corrected chi connectivity index (χ4v) is 6.37. The van der Waals surface area contributed by atoms with E-state index in [9.17, 15) is 9.59 Å². The molecule has 1 amide bonds. The summed E-state index contributed by atoms with van der Waals surface area (Å²) >= 11 is 1.61. The first kappa shape index (κ1) is 32.0. The molecule has 1 aromatic heterocycles. The molecule has 232 valence electrons. The van der Waals surface area contributed by atoms with Crippen molar-refractivity contribution in [3.63, 3.8) is 0 Å². The van der Waals surface area contributed by atoms with Crippen LogP contribution in [-0.2, 0) is 27.3 Å². The van der Waals surface area contributed by atoms with Crippen LogP contribution in [0.5, 0.6) is 0 Å². The standard InChI is InChI=1S/C38H41N3O3S/c1-38(2,3)44-34(42)28-41-33-23-14-13-22-32(33)39-37(41)45-27-15-25-40(26-24-29-16-7-4-8-17-29)36(43)35(30-18-9-5-10-19-30)31-20-11-6-12-21-31/h4-14,16-23,35H,15,24-28H2,1-3H3. The molecule has 0 fully saturated rings. The quantitative estimate of drug-likeness (QED) is 0.0766. The van der Waals surface area contributed by atoms with E-state index in [0.29, 0.717) is 13.1 Å². The number of thioether (sulfide) groups is 1. The number of fused-ring (bicyclic) bond motifs is 1. The minimum atomic E-state index is -0.562. The molecule has 1 heterocycles. The second-order valence-electron chi connectivity index (χ2n) is 12.1. The summed E-state index contributed by atoms with van der Waals surface area (Å²) in [5, 5.41) is 0.774. The zero-order valence-electron chi connectivity index (χ0n) is 26.3. The van der Waals surface area contributed by atoms with Crippen molar-refractivity contribution in [1.82, 2.24) is 14.5 Å². The number of carbonyl (C=O) groups is 2. The summed E-state index contributed by atoms with van der Waals surface area (Å²) in [6, 6.07) is 38.3. The first-order chi connectivity index (χ1) is 21.8. The first-order valence-electron chi connectivity index (χ1n) is 15.5. The van der Waals surface area contributed by atoms with E-state index >= 15 is 0 Å². The van der Waals surface area contributed by atoms with Crippen LogP contribution < -0.4 is 0 Å². The monoisotopic (exact) mass is 619 g/mol. The van der Waals surface area contributed by atoms with Gasteiger partial charge in [0, 0.05) is 18.8 Å². The van der Waals surface area contributed by atoms with Gasteiger partial charge < -0.3 is 14.2 Å². The summed E-state index contributed by atoms with van der Waals surface area (Å²) < 4.78 is 7.55. The molecule has 0 aliphatic carbocycles. The molecule has 6 nitrogen and oxygen atoms in total. The second kappa shape index (κ2) is 15.1. The van der Waals surface area contributed by atoms with Crippen molar-refractivity contribution >= 4 is 34.7 Å². The fraction of sp³-hybridized carbons (Fsp3) is 0.289. The van der Waals surface area contributed by atoms with Gasteiger partial charge in [0.15, 0.2) is 5.16 Å². The summed E-state index contributed by atoms with van der Waals surface area (Å²) in [5.41, 5.74) is 4.37. The Morgan fingerprint density at radius 3 is 2.00 bits per heavy atom. The molecule has 0 atom stereocenters. The van der Waals surface area contributed by atoms with Gasteiger partial charge in [0.25, 0.3) is 0 Å². The van der Waals surface area contributed by atoms with E-state index in [1.807, 2.05) is 133 Å². The Morgan fingerprint density at radius 2 is 1.38 bits per heavy atom. The lowest BCUT2D eigenvalue weighted by Gasteiger charge is -2.28. The lowest BCUT2D eigenvalue weighted by atomic mass is 9.90. The van der Waals surface area contributed by atoms with Gasteiger partial charge in [0.05, 0.1) is 17.0 Å². The van der Waals surface area contributed by atoms with Crippen molar-refractivity contribution in [2.24, 2.45) is 0 Å². The average Bonchev–Trinajstić information content (AvgIpc) is 3.38. The highest BCUT2D eigenvalue weighted by molar-refractivity contribution is 7.99. The van der Waals surface area contributed by atoms with Gasteiger partial charge in [-0.1, -0.05) is 115 Å². The molecule has 0 saturated carbocycles. The normalized spacial score (nSPS) is 11.6. The number of hydrogen-bond acceptors (Lipinski definition) is 5. The summed E-state index contributed by atoms with van der Waals surface area (Å²) in [6.07, 6.45) is 1.55. The van der Waals surface area contributed by atoms with Gasteiger partial charge in [-0.2, -0.15) is 0 Å². The van der Waals surface area contributed by atoms with Crippen LogP contribution >= 0.6 is 11.8 Å². The molecule has 0 radical (unpaired) electrons. The van der Waals surface area contributed by atoms with E-state index in [4.69, 9.17) is 9.72 Å². The Labute approximate surface area is 270 Å². The third-order valence-electron chi connectivity index (χ3n) is 7.47. The summed E-state index contributed by atoms with van der Waals surface area (Å²) in [6.45, 7) is 6.95. The SMILES string of the molecule is CC(C)(C)OC(=O)Cn1c(SCCCN(CCc2ccccc2)C(=O)C(c2ccccc2)c2ccccc2)nc2ccccc21. The van der Waals surface area contributed by atoms with Gasteiger partial charge in [-0.05, 0) is 62.4 Å². The molecule has 4 aromatic carbocycles. The number of hydrogen-bond donors (Lipinski definition) is 0. The predicted molar refractivity (Wildman–Crippen MR) is 182 cm³/mol. The van der Waals surface area contributed by atoms with Crippen molar-refractivity contribution in [2.75, 3.05) is 18.8 Å². The van der Waals surface area contributed by atoms with Gasteiger partial charge >= 0.3 is 5.97 Å². The first-order valence-corrected chi connectivity index (χ1v) is 16.5. The minimum absolute atomic E-state index is 0.0949. The van der Waals surface area contributed by atoms with Gasteiger partial charge in [0.2, 0.25) is 5.91 Å². The highest BCUT2D eigenvalue weighted by Crippen LogP contribution is 2.29. The van der Waals surface area contributed by atoms with Crippen LogP contribution in [0.15, 0.2) is 120 Å². The molecular formula is C38H41N3O3S. The molecule has 0 unspecified atom stereocenters. The number of imidazole rings is 1. The van der Waals surface area contributed by atoms with E-state index in [1.165, 1.54) is 5.56 Å². The van der Waals surface area contributed by atoms with E-state index in [-0.39, 0.29) is 24.3 Å². The van der Waals surface area contributed by atoms with E-state index in [1.54, 1.807) is 11.8 Å². The maximum atomic E-state index is 14.4. The topological polar surface area (TPSA) is 64.4 Å². The predicted octanol–water partition coefficient (Wildman–Crippen LogP) is 7.76. The van der Waals surface area contributed by atoms with Crippen LogP contribution in [-0.4, -0.2) is 50.8 Å². The molecular weight excluding hydrogens is 579 g/mol. The van der Waals surface area contributed by atoms with Crippen LogP contribution in [0.3, 0.4) is 0 Å². The van der Waals surface area contributed by atoms with Gasteiger partial charge in [-0.3, -0.25) is 9.59 Å². The lowest BCUT2D eigenvalue weighted by Crippen LogP contribution is -2.38. The number of nitrogens with zero attached hydrogens (tertiary/aromatic N) is 3. The number of rotatable bonds is 13. The van der Waals surface area contributed by atoms with Gasteiger partial charge in [-0.25, -0.2) is 4.98 Å². The van der Waals surface area contributed by atoms with E-state index in [2.05, 4.69) is 12.1 Å². The number of aromatic nitrogens is 2. The number of carbonyl (C=O) groups excluding carboxylic acids is 2. The number of esters is 1. The van der Waals surface area contributed by atoms with Crippen molar-refractivity contribution in [1.29, 1.82) is 0 Å². The average molecular weight is 620 g/mol. The molecule has 0 N–H and O–H groups in total. The molecule has 0 bridgehead atoms. The van der Waals surface area contributed by atoms with Crippen molar-refractivity contribution in [3.8, 4) is 0 Å². The molecule has 0 aliphatic heterocycles. The molecule has 0 spiro atoms. The zero-order chi connectivity index (χ0) is 31.6. The Bertz CT molecular complexity index is 1640. The molecule has 5 rings (SSSR count). The van der Waals surface area contributed by atoms with Crippen LogP contribution in [0.2, 0.25) is 0 Å². The largest absolute Gasteiger partial charge is 0.459 e. The number of benzene rings is 4. The van der Waals surface area contributed by atoms with Crippen molar-refractivity contribution in [2.45, 2.75) is 56.8 Å². The van der Waals surface area contributed by atoms with Crippen LogP contribution in [0.4, 0.5) is 0 Å². The minimum Gasteiger partial charge on any atom is -0.459 e. The Morgan fingerprint density at radius 1 is 0.800 bits per heavy atom. The Kier molecular flexibility index (Phi) is 10.7. The second-order valence-corrected chi connectivity index (χ2v) is 13.1. The lowest BCUT2D eigenvalue weighted by molar-refractivity contribution is -0.155. The summed E-state index contributed by atoms with van der Waals surface area (Å²) in [7, 11) is 0. The van der Waals surface area contributed by atoms with Gasteiger partial charge in [-0.15, -0.1) is 0 Å². The van der Waals surface area contributed by atoms with Crippen molar-refractivity contribution in [3.05, 3.63) is 132 Å². The fourth-order valence-electron chi connectivity index (χ4n) is 5.43. The third-order valence-corrected chi connectivity index (χ3v) is 8.53. The summed E-state index contributed by atoms with van der Waals surface area (Å²) in [4.78, 5) is 34.0. The molecule has 5 aromatic rings. The van der Waals surface area contributed by atoms with E-state index < -0.39 is 5.60 Å². The van der Waals surface area contributed by atoms with Gasteiger partial charge in [0.1, 0.15) is 12.1 Å². The number of amides is 1. The maximum absolute atomic E-state index is 14.4. The molecule has 0 aliphatic rings. The summed E-state index contributed by atoms with van der Waals surface area (Å²) in [5.74, 6) is 0.172. The maximum Gasteiger partial charge on any atom is 0.326 e. The Balaban J connectivity index is 1.33. The smallest absolute Gasteiger partial charge is 0.326 e. The van der Waals surface area contributed by atoms with E-state index in [0.717, 1.165) is 45.9 Å². The number of para-hydroxylation sites is 2. The van der Waals surface area contributed by atoms with Crippen LogP contribution in [0, 0.1) is 0 Å². The molecule has 0 saturated heterocycles. The Hall–Kier alpha value is -4.36.